The van der Waals surface area contributed by atoms with Crippen LogP contribution in [0.1, 0.15) is 18.5 Å². The van der Waals surface area contributed by atoms with Crippen molar-refractivity contribution in [1.82, 2.24) is 5.32 Å². The number of carbonyl (C=O) groups excluding carboxylic acids is 1. The number of nitrogens with one attached hydrogen (secondary N) is 1. The average Bonchev–Trinajstić information content (AvgIpc) is 2.39. The molecule has 0 aliphatic carbocycles. The molecule has 1 aromatic rings. The number of hydrogen-bond acceptors (Lipinski definition) is 5. The van der Waals surface area contributed by atoms with Crippen molar-refractivity contribution in [3.63, 3.8) is 0 Å². The van der Waals surface area contributed by atoms with E-state index >= 15 is 0 Å². The number of benzene rings is 1. The highest BCUT2D eigenvalue weighted by Crippen LogP contribution is 2.18. The number of nitro benzene ring substituents is 1. The lowest BCUT2D eigenvalue weighted by molar-refractivity contribution is -0.384. The van der Waals surface area contributed by atoms with E-state index in [0.29, 0.717) is 18.7 Å². The zero-order valence-corrected chi connectivity index (χ0v) is 10.7. The van der Waals surface area contributed by atoms with Crippen LogP contribution >= 0.6 is 0 Å². The van der Waals surface area contributed by atoms with Gasteiger partial charge in [0.2, 0.25) is 5.91 Å². The molecule has 0 aliphatic heterocycles. The SMILES string of the molecule is CC(NC(=O)COCCN)c1cccc([N+](=O)[O-])c1. The van der Waals surface area contributed by atoms with Gasteiger partial charge in [-0.1, -0.05) is 12.1 Å². The number of non-ortho nitro benzene ring substituents is 1. The number of ether oxygens (including phenoxy) is 1. The molecular formula is C12H17N3O4. The molecule has 7 nitrogen and oxygen atoms in total. The summed E-state index contributed by atoms with van der Waals surface area (Å²) in [4.78, 5) is 21.7. The van der Waals surface area contributed by atoms with E-state index in [9.17, 15) is 14.9 Å². The maximum absolute atomic E-state index is 11.5. The Morgan fingerprint density at radius 3 is 2.95 bits per heavy atom. The molecule has 0 heterocycles. The Kier molecular flexibility index (Phi) is 5.91. The second-order valence-corrected chi connectivity index (χ2v) is 3.98. The highest BCUT2D eigenvalue weighted by Gasteiger charge is 2.13. The van der Waals surface area contributed by atoms with Gasteiger partial charge in [0.25, 0.3) is 5.69 Å². The lowest BCUT2D eigenvalue weighted by atomic mass is 10.1. The Hall–Kier alpha value is -1.99. The molecule has 0 spiro atoms. The van der Waals surface area contributed by atoms with E-state index in [1.165, 1.54) is 12.1 Å². The summed E-state index contributed by atoms with van der Waals surface area (Å²) in [5.41, 5.74) is 5.90. The third kappa shape index (κ3) is 5.02. The topological polar surface area (TPSA) is 107 Å². The fraction of sp³-hybridized carbons (Fsp3) is 0.417. The van der Waals surface area contributed by atoms with Gasteiger partial charge >= 0.3 is 0 Å². The summed E-state index contributed by atoms with van der Waals surface area (Å²) < 4.78 is 5.00. The molecule has 0 fully saturated rings. The largest absolute Gasteiger partial charge is 0.370 e. The molecule has 104 valence electrons. The van der Waals surface area contributed by atoms with Gasteiger partial charge < -0.3 is 15.8 Å². The van der Waals surface area contributed by atoms with Crippen LogP contribution in [-0.4, -0.2) is 30.6 Å². The minimum atomic E-state index is -0.470. The summed E-state index contributed by atoms with van der Waals surface area (Å²) in [6.07, 6.45) is 0. The summed E-state index contributed by atoms with van der Waals surface area (Å²) >= 11 is 0. The van der Waals surface area contributed by atoms with Gasteiger partial charge in [-0.25, -0.2) is 0 Å². The maximum atomic E-state index is 11.5. The van der Waals surface area contributed by atoms with Gasteiger partial charge in [-0.05, 0) is 12.5 Å². The molecule has 3 N–H and O–H groups in total. The van der Waals surface area contributed by atoms with Crippen molar-refractivity contribution in [2.75, 3.05) is 19.8 Å². The second kappa shape index (κ2) is 7.45. The molecule has 0 aromatic heterocycles. The first kappa shape index (κ1) is 15.1. The van der Waals surface area contributed by atoms with Crippen molar-refractivity contribution in [2.45, 2.75) is 13.0 Å². The molecule has 1 amide bonds. The monoisotopic (exact) mass is 267 g/mol. The van der Waals surface area contributed by atoms with Gasteiger partial charge in [0.15, 0.2) is 0 Å². The number of rotatable bonds is 7. The predicted octanol–water partition coefficient (Wildman–Crippen LogP) is 0.747. The molecule has 1 atom stereocenters. The van der Waals surface area contributed by atoms with Crippen molar-refractivity contribution in [3.8, 4) is 0 Å². The van der Waals surface area contributed by atoms with Crippen LogP contribution in [0.5, 0.6) is 0 Å². The number of carbonyl (C=O) groups is 1. The van der Waals surface area contributed by atoms with Crippen molar-refractivity contribution in [1.29, 1.82) is 0 Å². The van der Waals surface area contributed by atoms with Gasteiger partial charge in [-0.15, -0.1) is 0 Å². The first-order valence-corrected chi connectivity index (χ1v) is 5.86. The average molecular weight is 267 g/mol. The highest BCUT2D eigenvalue weighted by atomic mass is 16.6. The smallest absolute Gasteiger partial charge is 0.269 e. The maximum Gasteiger partial charge on any atom is 0.269 e. The fourth-order valence-corrected chi connectivity index (χ4v) is 1.52. The lowest BCUT2D eigenvalue weighted by Gasteiger charge is -2.14. The molecule has 1 rings (SSSR count). The molecule has 7 heteroatoms. The number of hydrogen-bond donors (Lipinski definition) is 2. The van der Waals surface area contributed by atoms with E-state index in [2.05, 4.69) is 5.32 Å². The highest BCUT2D eigenvalue weighted by molar-refractivity contribution is 5.77. The van der Waals surface area contributed by atoms with Gasteiger partial charge in [0.05, 0.1) is 17.6 Å². The Morgan fingerprint density at radius 1 is 1.58 bits per heavy atom. The first-order chi connectivity index (χ1) is 9.04. The van der Waals surface area contributed by atoms with Crippen molar-refractivity contribution < 1.29 is 14.5 Å². The number of nitro groups is 1. The minimum absolute atomic E-state index is 0.00187. The number of nitrogens with two attached hydrogens (primary N) is 1. The summed E-state index contributed by atoms with van der Waals surface area (Å²) in [6.45, 7) is 2.35. The molecule has 0 saturated heterocycles. The van der Waals surface area contributed by atoms with Crippen LogP contribution in [0, 0.1) is 10.1 Å². The van der Waals surface area contributed by atoms with Crippen LogP contribution in [0.2, 0.25) is 0 Å². The Bertz CT molecular complexity index is 450. The lowest BCUT2D eigenvalue weighted by Crippen LogP contribution is -2.30. The zero-order valence-electron chi connectivity index (χ0n) is 10.7. The van der Waals surface area contributed by atoms with Gasteiger partial charge in [0.1, 0.15) is 6.61 Å². The molecular weight excluding hydrogens is 250 g/mol. The van der Waals surface area contributed by atoms with E-state index in [0.717, 1.165) is 0 Å². The Labute approximate surface area is 110 Å². The zero-order chi connectivity index (χ0) is 14.3. The Balaban J connectivity index is 2.57. The van der Waals surface area contributed by atoms with Crippen LogP contribution in [0.25, 0.3) is 0 Å². The molecule has 0 bridgehead atoms. The number of nitrogens with zero attached hydrogens (tertiary/aromatic N) is 1. The Morgan fingerprint density at radius 2 is 2.32 bits per heavy atom. The van der Waals surface area contributed by atoms with Crippen molar-refractivity contribution >= 4 is 11.6 Å². The standard InChI is InChI=1S/C12H17N3O4/c1-9(14-12(16)8-19-6-5-13)10-3-2-4-11(7-10)15(17)18/h2-4,7,9H,5-6,8,13H2,1H3,(H,14,16). The van der Waals surface area contributed by atoms with Crippen LogP contribution < -0.4 is 11.1 Å². The summed E-state index contributed by atoms with van der Waals surface area (Å²) in [7, 11) is 0. The molecule has 1 unspecified atom stereocenters. The quantitative estimate of drug-likeness (QED) is 0.430. The normalized spacial score (nSPS) is 11.9. The molecule has 19 heavy (non-hydrogen) atoms. The van der Waals surface area contributed by atoms with Crippen LogP contribution in [-0.2, 0) is 9.53 Å². The van der Waals surface area contributed by atoms with E-state index < -0.39 is 4.92 Å². The first-order valence-electron chi connectivity index (χ1n) is 5.86. The molecule has 0 saturated carbocycles. The molecule has 1 aromatic carbocycles. The van der Waals surface area contributed by atoms with E-state index in [4.69, 9.17) is 10.5 Å². The van der Waals surface area contributed by atoms with Gasteiger partial charge in [-0.2, -0.15) is 0 Å². The molecule has 0 aliphatic rings. The van der Waals surface area contributed by atoms with Crippen LogP contribution in [0.3, 0.4) is 0 Å². The summed E-state index contributed by atoms with van der Waals surface area (Å²) in [6, 6.07) is 5.82. The van der Waals surface area contributed by atoms with Crippen LogP contribution in [0.4, 0.5) is 5.69 Å². The predicted molar refractivity (Wildman–Crippen MR) is 69.5 cm³/mol. The van der Waals surface area contributed by atoms with Gasteiger partial charge in [-0.3, -0.25) is 14.9 Å². The minimum Gasteiger partial charge on any atom is -0.370 e. The van der Waals surface area contributed by atoms with E-state index in [1.807, 2.05) is 0 Å². The third-order valence-electron chi connectivity index (χ3n) is 2.45. The van der Waals surface area contributed by atoms with E-state index in [-0.39, 0.29) is 24.2 Å². The summed E-state index contributed by atoms with van der Waals surface area (Å²) in [5.74, 6) is -0.285. The summed E-state index contributed by atoms with van der Waals surface area (Å²) in [5, 5.41) is 13.4. The second-order valence-electron chi connectivity index (χ2n) is 3.98. The molecule has 0 radical (unpaired) electrons. The fourth-order valence-electron chi connectivity index (χ4n) is 1.52. The van der Waals surface area contributed by atoms with Gasteiger partial charge in [0, 0.05) is 18.7 Å². The third-order valence-corrected chi connectivity index (χ3v) is 2.45. The van der Waals surface area contributed by atoms with Crippen molar-refractivity contribution in [2.24, 2.45) is 5.73 Å². The van der Waals surface area contributed by atoms with Crippen molar-refractivity contribution in [3.05, 3.63) is 39.9 Å². The van der Waals surface area contributed by atoms with Crippen LogP contribution in [0.15, 0.2) is 24.3 Å². The van der Waals surface area contributed by atoms with E-state index in [1.54, 1.807) is 19.1 Å². The number of amides is 1.